The minimum absolute atomic E-state index is 0.0100. The van der Waals surface area contributed by atoms with Crippen molar-refractivity contribution in [2.24, 2.45) is 0 Å². The minimum atomic E-state index is -0.483. The van der Waals surface area contributed by atoms with Crippen molar-refractivity contribution in [2.75, 3.05) is 0 Å². The zero-order chi connectivity index (χ0) is 22.0. The monoisotopic (exact) mass is 414 g/mol. The number of carbonyl (C=O) groups excluding carboxylic acids is 1. The Kier molecular flexibility index (Phi) is 5.49. The van der Waals surface area contributed by atoms with Crippen molar-refractivity contribution in [1.29, 1.82) is 0 Å². The second kappa shape index (κ2) is 8.39. The third kappa shape index (κ3) is 4.45. The van der Waals surface area contributed by atoms with E-state index in [9.17, 15) is 9.59 Å². The molecule has 1 amide bonds. The molecule has 156 valence electrons. The van der Waals surface area contributed by atoms with E-state index in [4.69, 9.17) is 4.74 Å². The number of nitrogens with zero attached hydrogens (tertiary/aromatic N) is 3. The fourth-order valence-electron chi connectivity index (χ4n) is 3.12. The van der Waals surface area contributed by atoms with Gasteiger partial charge in [-0.25, -0.2) is 9.97 Å². The van der Waals surface area contributed by atoms with E-state index in [1.165, 1.54) is 10.6 Å². The van der Waals surface area contributed by atoms with Gasteiger partial charge in [0.2, 0.25) is 5.88 Å². The molecule has 0 unspecified atom stereocenters. The Labute approximate surface area is 179 Å². The van der Waals surface area contributed by atoms with Gasteiger partial charge < -0.3 is 10.1 Å². The van der Waals surface area contributed by atoms with Gasteiger partial charge in [0, 0.05) is 31.2 Å². The van der Waals surface area contributed by atoms with Crippen LogP contribution in [0.2, 0.25) is 0 Å². The summed E-state index contributed by atoms with van der Waals surface area (Å²) >= 11 is 0. The molecule has 4 aromatic rings. The molecule has 0 saturated carbocycles. The standard InChI is InChI=1S/C24H22N4O3/c1-15-4-5-17(3)20(10-15)31-22-7-6-18(12-26-22)13-27-23(29)19-14-25-21-11-16(2)8-9-28(21)24(19)30/h4-12,14H,13H2,1-3H3,(H,27,29). The average Bonchev–Trinajstić information content (AvgIpc) is 2.75. The molecule has 0 radical (unpaired) electrons. The fourth-order valence-corrected chi connectivity index (χ4v) is 3.12. The molecule has 0 saturated heterocycles. The number of hydrogen-bond donors (Lipinski definition) is 1. The van der Waals surface area contributed by atoms with E-state index >= 15 is 0 Å². The third-order valence-corrected chi connectivity index (χ3v) is 4.92. The highest BCUT2D eigenvalue weighted by molar-refractivity contribution is 5.93. The van der Waals surface area contributed by atoms with E-state index < -0.39 is 11.5 Å². The Balaban J connectivity index is 1.43. The molecule has 1 aromatic carbocycles. The summed E-state index contributed by atoms with van der Waals surface area (Å²) in [4.78, 5) is 33.6. The maximum absolute atomic E-state index is 12.6. The molecule has 31 heavy (non-hydrogen) atoms. The van der Waals surface area contributed by atoms with Crippen molar-refractivity contribution in [2.45, 2.75) is 27.3 Å². The predicted octanol–water partition coefficient (Wildman–Crippen LogP) is 3.74. The molecule has 0 bridgehead atoms. The number of nitrogens with one attached hydrogen (secondary N) is 1. The summed E-state index contributed by atoms with van der Waals surface area (Å²) in [5.74, 6) is 0.743. The van der Waals surface area contributed by atoms with Crippen molar-refractivity contribution in [3.8, 4) is 11.6 Å². The number of benzene rings is 1. The maximum atomic E-state index is 12.6. The Bertz CT molecular complexity index is 1330. The maximum Gasteiger partial charge on any atom is 0.270 e. The molecule has 7 heteroatoms. The number of hydrogen-bond acceptors (Lipinski definition) is 5. The van der Waals surface area contributed by atoms with Crippen molar-refractivity contribution in [3.63, 3.8) is 0 Å². The zero-order valence-electron chi connectivity index (χ0n) is 17.5. The van der Waals surface area contributed by atoms with Gasteiger partial charge in [-0.3, -0.25) is 14.0 Å². The number of pyridine rings is 2. The van der Waals surface area contributed by atoms with Crippen LogP contribution in [0.5, 0.6) is 11.6 Å². The molecule has 0 atom stereocenters. The molecule has 0 fully saturated rings. The van der Waals surface area contributed by atoms with E-state index in [1.807, 2.05) is 45.0 Å². The predicted molar refractivity (Wildman–Crippen MR) is 118 cm³/mol. The first-order valence-corrected chi connectivity index (χ1v) is 9.87. The van der Waals surface area contributed by atoms with Crippen molar-refractivity contribution in [3.05, 3.63) is 99.2 Å². The van der Waals surface area contributed by atoms with Crippen LogP contribution >= 0.6 is 0 Å². The molecule has 7 nitrogen and oxygen atoms in total. The van der Waals surface area contributed by atoms with E-state index in [2.05, 4.69) is 15.3 Å². The largest absolute Gasteiger partial charge is 0.439 e. The van der Waals surface area contributed by atoms with Gasteiger partial charge in [-0.15, -0.1) is 0 Å². The molecule has 0 aliphatic carbocycles. The van der Waals surface area contributed by atoms with Crippen LogP contribution in [0, 0.1) is 20.8 Å². The number of carbonyl (C=O) groups is 1. The lowest BCUT2D eigenvalue weighted by atomic mass is 10.1. The summed E-state index contributed by atoms with van der Waals surface area (Å²) in [6, 6.07) is 13.1. The second-order valence-corrected chi connectivity index (χ2v) is 7.47. The molecule has 4 rings (SSSR count). The highest BCUT2D eigenvalue weighted by Gasteiger charge is 2.13. The molecule has 0 aliphatic heterocycles. The first-order chi connectivity index (χ1) is 14.9. The van der Waals surface area contributed by atoms with Crippen LogP contribution in [0.25, 0.3) is 5.65 Å². The molecule has 0 aliphatic rings. The number of ether oxygens (including phenoxy) is 1. The number of rotatable bonds is 5. The number of fused-ring (bicyclic) bond motifs is 1. The summed E-state index contributed by atoms with van der Waals surface area (Å²) in [7, 11) is 0. The normalized spacial score (nSPS) is 10.8. The summed E-state index contributed by atoms with van der Waals surface area (Å²) < 4.78 is 7.22. The highest BCUT2D eigenvalue weighted by atomic mass is 16.5. The Morgan fingerprint density at radius 3 is 2.58 bits per heavy atom. The Hall–Kier alpha value is -4.00. The van der Waals surface area contributed by atoms with E-state index in [0.29, 0.717) is 11.5 Å². The van der Waals surface area contributed by atoms with Crippen molar-refractivity contribution < 1.29 is 9.53 Å². The third-order valence-electron chi connectivity index (χ3n) is 4.92. The Morgan fingerprint density at radius 1 is 1.00 bits per heavy atom. The highest BCUT2D eigenvalue weighted by Crippen LogP contribution is 2.24. The van der Waals surface area contributed by atoms with E-state index in [0.717, 1.165) is 28.0 Å². The van der Waals surface area contributed by atoms with E-state index in [1.54, 1.807) is 30.6 Å². The topological polar surface area (TPSA) is 85.6 Å². The van der Waals surface area contributed by atoms with Gasteiger partial charge in [0.05, 0.1) is 0 Å². The second-order valence-electron chi connectivity index (χ2n) is 7.47. The number of aryl methyl sites for hydroxylation is 3. The van der Waals surface area contributed by atoms with Gasteiger partial charge in [-0.2, -0.15) is 0 Å². The fraction of sp³-hybridized carbons (Fsp3) is 0.167. The lowest BCUT2D eigenvalue weighted by Crippen LogP contribution is -2.31. The lowest BCUT2D eigenvalue weighted by molar-refractivity contribution is 0.0949. The van der Waals surface area contributed by atoms with Gasteiger partial charge in [0.25, 0.3) is 11.5 Å². The van der Waals surface area contributed by atoms with Crippen LogP contribution in [0.15, 0.2) is 65.8 Å². The summed E-state index contributed by atoms with van der Waals surface area (Å²) in [6.07, 6.45) is 4.57. The van der Waals surface area contributed by atoms with Gasteiger partial charge in [0.1, 0.15) is 17.0 Å². The zero-order valence-corrected chi connectivity index (χ0v) is 17.5. The smallest absolute Gasteiger partial charge is 0.270 e. The number of aromatic nitrogens is 3. The lowest BCUT2D eigenvalue weighted by Gasteiger charge is -2.10. The van der Waals surface area contributed by atoms with Crippen LogP contribution in [0.3, 0.4) is 0 Å². The first-order valence-electron chi connectivity index (χ1n) is 9.87. The van der Waals surface area contributed by atoms with Gasteiger partial charge >= 0.3 is 0 Å². The first kappa shape index (κ1) is 20.3. The van der Waals surface area contributed by atoms with E-state index in [-0.39, 0.29) is 12.1 Å². The summed E-state index contributed by atoms with van der Waals surface area (Å²) in [5.41, 5.74) is 3.99. The quantitative estimate of drug-likeness (QED) is 0.538. The minimum Gasteiger partial charge on any atom is -0.439 e. The van der Waals surface area contributed by atoms with Crippen LogP contribution in [-0.4, -0.2) is 20.3 Å². The molecule has 1 N–H and O–H groups in total. The van der Waals surface area contributed by atoms with Crippen LogP contribution in [0.4, 0.5) is 0 Å². The molecule has 3 aromatic heterocycles. The molecular formula is C24H22N4O3. The summed E-state index contributed by atoms with van der Waals surface area (Å²) in [5, 5.41) is 2.74. The van der Waals surface area contributed by atoms with Crippen molar-refractivity contribution >= 4 is 11.6 Å². The van der Waals surface area contributed by atoms with Crippen LogP contribution < -0.4 is 15.6 Å². The summed E-state index contributed by atoms with van der Waals surface area (Å²) in [6.45, 7) is 6.12. The van der Waals surface area contributed by atoms with Crippen LogP contribution in [-0.2, 0) is 6.54 Å². The van der Waals surface area contributed by atoms with Crippen molar-refractivity contribution in [1.82, 2.24) is 19.7 Å². The molecule has 3 heterocycles. The average molecular weight is 414 g/mol. The van der Waals surface area contributed by atoms with Gasteiger partial charge in [-0.05, 0) is 61.2 Å². The molecule has 0 spiro atoms. The van der Waals surface area contributed by atoms with Crippen LogP contribution in [0.1, 0.15) is 32.6 Å². The van der Waals surface area contributed by atoms with Gasteiger partial charge in [-0.1, -0.05) is 18.2 Å². The van der Waals surface area contributed by atoms with Gasteiger partial charge in [0.15, 0.2) is 0 Å². The SMILES string of the molecule is Cc1ccc(C)c(Oc2ccc(CNC(=O)c3cnc4cc(C)ccn4c3=O)cn2)c1. The molecular weight excluding hydrogens is 392 g/mol. The Morgan fingerprint density at radius 2 is 1.81 bits per heavy atom. The number of amides is 1.